The minimum absolute atomic E-state index is 0.0287. The number of rotatable bonds is 2. The fraction of sp³-hybridized carbons (Fsp3) is 0.180. The van der Waals surface area contributed by atoms with Crippen LogP contribution >= 0.6 is 0 Å². The summed E-state index contributed by atoms with van der Waals surface area (Å²) < 4.78 is 5.43. The van der Waals surface area contributed by atoms with Crippen molar-refractivity contribution in [1.82, 2.24) is 9.13 Å². The monoisotopic (exact) mass is 820 g/mol. The Hall–Kier alpha value is -6.84. The van der Waals surface area contributed by atoms with Gasteiger partial charge in [0.15, 0.2) is 0 Å². The first-order valence-corrected chi connectivity index (χ1v) is 23.2. The summed E-state index contributed by atoms with van der Waals surface area (Å²) in [4.78, 5) is 0. The van der Waals surface area contributed by atoms with Gasteiger partial charge in [0.1, 0.15) is 0 Å². The highest BCUT2D eigenvalue weighted by Gasteiger charge is 2.55. The van der Waals surface area contributed by atoms with Crippen molar-refractivity contribution in [1.29, 1.82) is 0 Å². The smallest absolute Gasteiger partial charge is 0.252 e. The Kier molecular flexibility index (Phi) is 6.77. The first-order valence-electron chi connectivity index (χ1n) is 23.2. The molecule has 64 heavy (non-hydrogen) atoms. The van der Waals surface area contributed by atoms with Crippen LogP contribution in [0, 0.1) is 13.8 Å². The third kappa shape index (κ3) is 4.29. The molecule has 10 aromatic rings. The van der Waals surface area contributed by atoms with Gasteiger partial charge in [-0.05, 0) is 115 Å². The average Bonchev–Trinajstić information content (AvgIpc) is 3.90. The van der Waals surface area contributed by atoms with Crippen LogP contribution in [-0.4, -0.2) is 15.8 Å². The Balaban J connectivity index is 1.26. The molecule has 0 N–H and O–H groups in total. The van der Waals surface area contributed by atoms with Crippen molar-refractivity contribution in [3.8, 4) is 44.9 Å². The van der Waals surface area contributed by atoms with Crippen molar-refractivity contribution < 1.29 is 0 Å². The molecule has 0 saturated heterocycles. The number of para-hydroxylation sites is 1. The summed E-state index contributed by atoms with van der Waals surface area (Å²) in [7, 11) is 0. The van der Waals surface area contributed by atoms with Gasteiger partial charge >= 0.3 is 0 Å². The Morgan fingerprint density at radius 2 is 1.05 bits per heavy atom. The number of nitrogens with zero attached hydrogens (tertiary/aromatic N) is 2. The largest absolute Gasteiger partial charge is 0.310 e. The summed E-state index contributed by atoms with van der Waals surface area (Å²) in [6.07, 6.45) is 0. The van der Waals surface area contributed by atoms with Gasteiger partial charge in [-0.3, -0.25) is 0 Å². The third-order valence-corrected chi connectivity index (χ3v) is 15.7. The molecule has 1 aliphatic carbocycles. The lowest BCUT2D eigenvalue weighted by molar-refractivity contribution is 0.588. The van der Waals surface area contributed by atoms with E-state index in [2.05, 4.69) is 216 Å². The van der Waals surface area contributed by atoms with Crippen LogP contribution in [0.4, 0.5) is 0 Å². The molecule has 8 aromatic carbocycles. The van der Waals surface area contributed by atoms with E-state index < -0.39 is 5.41 Å². The van der Waals surface area contributed by atoms with Gasteiger partial charge in [0, 0.05) is 44.1 Å². The zero-order chi connectivity index (χ0) is 43.3. The van der Waals surface area contributed by atoms with Crippen LogP contribution in [0.2, 0.25) is 0 Å². The third-order valence-electron chi connectivity index (χ3n) is 15.7. The first kappa shape index (κ1) is 36.6. The highest BCUT2D eigenvalue weighted by Crippen LogP contribution is 2.62. The van der Waals surface area contributed by atoms with Gasteiger partial charge in [-0.15, -0.1) is 0 Å². The Morgan fingerprint density at radius 1 is 0.453 bits per heavy atom. The molecule has 0 unspecified atom stereocenters. The molecule has 3 heteroatoms. The number of fused-ring (bicyclic) bond motifs is 11. The summed E-state index contributed by atoms with van der Waals surface area (Å²) in [6, 6.07) is 59.4. The Bertz CT molecular complexity index is 3700. The van der Waals surface area contributed by atoms with Gasteiger partial charge in [-0.2, -0.15) is 0 Å². The van der Waals surface area contributed by atoms with Crippen LogP contribution in [0.15, 0.2) is 152 Å². The molecule has 0 atom stereocenters. The zero-order valence-electron chi connectivity index (χ0n) is 37.9. The second kappa shape index (κ2) is 11.8. The SMILES string of the molecule is Cc1ccc2c(c1)C1(c3cc(C)ccc3-2)c2ccc3c4c2-n2c5c(cc(C(C)(C)C)cc5c5cc(C(C)(C)C)cc1c52)B4c1cccc2c(-c4ccccc4)c(-c4ccccc4)n-3c12. The minimum atomic E-state index is -0.535. The fourth-order valence-electron chi connectivity index (χ4n) is 12.9. The van der Waals surface area contributed by atoms with Crippen LogP contribution in [0.25, 0.3) is 77.6 Å². The summed E-state index contributed by atoms with van der Waals surface area (Å²) in [5.41, 5.74) is 29.0. The van der Waals surface area contributed by atoms with E-state index in [0.717, 1.165) is 0 Å². The molecule has 306 valence electrons. The van der Waals surface area contributed by atoms with Gasteiger partial charge in [0.25, 0.3) is 6.71 Å². The minimum Gasteiger partial charge on any atom is -0.310 e. The van der Waals surface area contributed by atoms with E-state index in [1.165, 1.54) is 138 Å². The summed E-state index contributed by atoms with van der Waals surface area (Å²) >= 11 is 0. The molecule has 0 saturated carbocycles. The molecule has 5 heterocycles. The van der Waals surface area contributed by atoms with Crippen LogP contribution in [0.5, 0.6) is 0 Å². The number of aromatic nitrogens is 2. The van der Waals surface area contributed by atoms with E-state index >= 15 is 0 Å². The molecule has 14 rings (SSSR count). The van der Waals surface area contributed by atoms with Crippen molar-refractivity contribution in [2.45, 2.75) is 71.6 Å². The second-order valence-electron chi connectivity index (χ2n) is 21.4. The maximum absolute atomic E-state index is 2.77. The van der Waals surface area contributed by atoms with Crippen molar-refractivity contribution >= 4 is 55.8 Å². The molecule has 2 nitrogen and oxygen atoms in total. The van der Waals surface area contributed by atoms with Gasteiger partial charge < -0.3 is 9.13 Å². The quantitative estimate of drug-likeness (QED) is 0.154. The van der Waals surface area contributed by atoms with Crippen LogP contribution in [0.3, 0.4) is 0 Å². The topological polar surface area (TPSA) is 9.86 Å². The lowest BCUT2D eigenvalue weighted by Crippen LogP contribution is -2.60. The molecular formula is C61H49BN2. The number of benzene rings is 8. The van der Waals surface area contributed by atoms with E-state index in [0.29, 0.717) is 0 Å². The number of hydrogen-bond acceptors (Lipinski definition) is 0. The molecule has 4 aliphatic rings. The molecule has 0 amide bonds. The molecule has 0 radical (unpaired) electrons. The van der Waals surface area contributed by atoms with Gasteiger partial charge in [-0.1, -0.05) is 186 Å². The van der Waals surface area contributed by atoms with E-state index in [4.69, 9.17) is 0 Å². The average molecular weight is 821 g/mol. The molecule has 1 spiro atoms. The lowest BCUT2D eigenvalue weighted by Gasteiger charge is -2.44. The molecular weight excluding hydrogens is 771 g/mol. The normalized spacial score (nSPS) is 14.7. The van der Waals surface area contributed by atoms with Gasteiger partial charge in [-0.25, -0.2) is 0 Å². The summed E-state index contributed by atoms with van der Waals surface area (Å²) in [6.45, 7) is 18.9. The predicted octanol–water partition coefficient (Wildman–Crippen LogP) is 13.1. The highest BCUT2D eigenvalue weighted by atomic mass is 15.1. The van der Waals surface area contributed by atoms with Crippen LogP contribution < -0.4 is 16.4 Å². The second-order valence-corrected chi connectivity index (χ2v) is 21.4. The van der Waals surface area contributed by atoms with E-state index in [1.54, 1.807) is 0 Å². The maximum atomic E-state index is 2.77. The van der Waals surface area contributed by atoms with Crippen LogP contribution in [-0.2, 0) is 16.2 Å². The molecule has 0 bridgehead atoms. The Labute approximate surface area is 375 Å². The van der Waals surface area contributed by atoms with E-state index in [9.17, 15) is 0 Å². The van der Waals surface area contributed by atoms with Crippen LogP contribution in [0.1, 0.15) is 86.1 Å². The fourth-order valence-corrected chi connectivity index (χ4v) is 12.9. The summed E-state index contributed by atoms with van der Waals surface area (Å²) in [5.74, 6) is 0. The van der Waals surface area contributed by atoms with Gasteiger partial charge in [0.05, 0.1) is 16.6 Å². The predicted molar refractivity (Wildman–Crippen MR) is 271 cm³/mol. The first-order chi connectivity index (χ1) is 30.9. The maximum Gasteiger partial charge on any atom is 0.252 e. The van der Waals surface area contributed by atoms with Gasteiger partial charge in [0.2, 0.25) is 0 Å². The van der Waals surface area contributed by atoms with E-state index in [-0.39, 0.29) is 17.5 Å². The molecule has 3 aliphatic heterocycles. The highest BCUT2D eigenvalue weighted by molar-refractivity contribution is 7.00. The lowest BCUT2D eigenvalue weighted by atomic mass is 9.33. The van der Waals surface area contributed by atoms with Crippen molar-refractivity contribution in [3.63, 3.8) is 0 Å². The van der Waals surface area contributed by atoms with E-state index in [1.807, 2.05) is 0 Å². The van der Waals surface area contributed by atoms with Crippen molar-refractivity contribution in [3.05, 3.63) is 196 Å². The Morgan fingerprint density at radius 3 is 1.69 bits per heavy atom. The van der Waals surface area contributed by atoms with Crippen molar-refractivity contribution in [2.24, 2.45) is 0 Å². The number of hydrogen-bond donors (Lipinski definition) is 0. The zero-order valence-corrected chi connectivity index (χ0v) is 37.9. The standard InChI is InChI=1S/C61H49BN2/c1-34-22-24-40-41-25-23-35(2)29-47(41)61(46(40)28-34)45-26-27-51-53-58(45)64-55-43(30-38(32-48(55)61)59(3,4)5)44-31-39(60(6,7)8)33-50(57(44)64)62(53)49-21-15-20-42-52(36-16-11-9-12-17-36)54(63(51)56(42)49)37-18-13-10-14-19-37/h9-33H,1-8H3. The molecule has 0 fully saturated rings. The van der Waals surface area contributed by atoms with Crippen molar-refractivity contribution in [2.75, 3.05) is 0 Å². The molecule has 2 aromatic heterocycles. The number of aryl methyl sites for hydroxylation is 2. The summed E-state index contributed by atoms with van der Waals surface area (Å²) in [5, 5.41) is 4.05.